The van der Waals surface area contributed by atoms with Gasteiger partial charge in [-0.1, -0.05) is 25.7 Å². The Hall–Kier alpha value is -1.71. The lowest BCUT2D eigenvalue weighted by atomic mass is 10.0. The number of carbonyl (C=O) groups excluding carboxylic acids is 1. The van der Waals surface area contributed by atoms with Crippen LogP contribution >= 0.6 is 0 Å². The summed E-state index contributed by atoms with van der Waals surface area (Å²) in [6, 6.07) is 5.53. The van der Waals surface area contributed by atoms with E-state index in [1.807, 2.05) is 18.2 Å². The molecule has 0 aromatic heterocycles. The zero-order valence-corrected chi connectivity index (χ0v) is 13.7. The third kappa shape index (κ3) is 4.93. The molecule has 1 aromatic carbocycles. The Kier molecular flexibility index (Phi) is 6.56. The fraction of sp³-hybridized carbons (Fsp3) is 0.611. The second-order valence-electron chi connectivity index (χ2n) is 6.00. The van der Waals surface area contributed by atoms with Gasteiger partial charge in [-0.05, 0) is 37.0 Å². The first kappa shape index (κ1) is 16.7. The second-order valence-corrected chi connectivity index (χ2v) is 6.00. The van der Waals surface area contributed by atoms with Gasteiger partial charge >= 0.3 is 0 Å². The number of hydrogen-bond acceptors (Lipinski definition) is 3. The van der Waals surface area contributed by atoms with Gasteiger partial charge in [0.2, 0.25) is 5.91 Å². The van der Waals surface area contributed by atoms with Gasteiger partial charge in [0.1, 0.15) is 11.5 Å². The maximum atomic E-state index is 12.1. The lowest BCUT2D eigenvalue weighted by Crippen LogP contribution is -2.26. The van der Waals surface area contributed by atoms with Gasteiger partial charge in [0.25, 0.3) is 0 Å². The fourth-order valence-electron chi connectivity index (χ4n) is 3.17. The summed E-state index contributed by atoms with van der Waals surface area (Å²) in [5.74, 6) is 2.39. The second kappa shape index (κ2) is 8.66. The third-order valence-corrected chi connectivity index (χ3v) is 4.42. The fourth-order valence-corrected chi connectivity index (χ4v) is 3.17. The van der Waals surface area contributed by atoms with E-state index in [4.69, 9.17) is 9.47 Å². The number of methoxy groups -OCH3 is 2. The molecule has 1 amide bonds. The predicted molar refractivity (Wildman–Crippen MR) is 87.5 cm³/mol. The van der Waals surface area contributed by atoms with E-state index in [2.05, 4.69) is 5.32 Å². The zero-order valence-electron chi connectivity index (χ0n) is 13.7. The number of ether oxygens (including phenoxy) is 2. The quantitative estimate of drug-likeness (QED) is 0.749. The van der Waals surface area contributed by atoms with Crippen molar-refractivity contribution < 1.29 is 14.3 Å². The Morgan fingerprint density at radius 1 is 1.23 bits per heavy atom. The molecule has 1 aromatic rings. The van der Waals surface area contributed by atoms with E-state index < -0.39 is 0 Å². The Labute approximate surface area is 133 Å². The molecular formula is C18H27NO3. The van der Waals surface area contributed by atoms with Gasteiger partial charge in [-0.15, -0.1) is 0 Å². The van der Waals surface area contributed by atoms with Crippen LogP contribution < -0.4 is 14.8 Å². The van der Waals surface area contributed by atoms with Crippen LogP contribution in [-0.4, -0.2) is 26.7 Å². The van der Waals surface area contributed by atoms with Gasteiger partial charge in [0, 0.05) is 12.1 Å². The van der Waals surface area contributed by atoms with E-state index in [1.165, 1.54) is 32.1 Å². The largest absolute Gasteiger partial charge is 0.497 e. The maximum Gasteiger partial charge on any atom is 0.224 e. The molecule has 0 spiro atoms. The summed E-state index contributed by atoms with van der Waals surface area (Å²) in [5.41, 5.74) is 0.857. The van der Waals surface area contributed by atoms with E-state index >= 15 is 0 Å². The lowest BCUT2D eigenvalue weighted by molar-refractivity contribution is -0.120. The average Bonchev–Trinajstić information content (AvgIpc) is 3.05. The van der Waals surface area contributed by atoms with Crippen LogP contribution in [0.25, 0.3) is 0 Å². The molecule has 4 heteroatoms. The van der Waals surface area contributed by atoms with Gasteiger partial charge in [0.05, 0.1) is 20.6 Å². The van der Waals surface area contributed by atoms with Gasteiger partial charge in [0.15, 0.2) is 0 Å². The minimum absolute atomic E-state index is 0.0398. The molecule has 0 radical (unpaired) electrons. The monoisotopic (exact) mass is 305 g/mol. The van der Waals surface area contributed by atoms with E-state index in [-0.39, 0.29) is 5.91 Å². The van der Waals surface area contributed by atoms with Crippen LogP contribution in [-0.2, 0) is 11.2 Å². The van der Waals surface area contributed by atoms with Crippen molar-refractivity contribution in [2.45, 2.75) is 44.9 Å². The van der Waals surface area contributed by atoms with Gasteiger partial charge < -0.3 is 14.8 Å². The smallest absolute Gasteiger partial charge is 0.224 e. The molecule has 1 aliphatic rings. The molecule has 1 fully saturated rings. The number of nitrogens with one attached hydrogen (secondary N) is 1. The van der Waals surface area contributed by atoms with E-state index in [9.17, 15) is 4.79 Å². The van der Waals surface area contributed by atoms with Crippen molar-refractivity contribution in [2.75, 3.05) is 20.8 Å². The minimum Gasteiger partial charge on any atom is -0.497 e. The van der Waals surface area contributed by atoms with Gasteiger partial charge in [-0.2, -0.15) is 0 Å². The van der Waals surface area contributed by atoms with Crippen LogP contribution in [0.15, 0.2) is 18.2 Å². The number of amides is 1. The molecule has 22 heavy (non-hydrogen) atoms. The molecule has 0 unspecified atom stereocenters. The Balaban J connectivity index is 1.76. The normalized spacial score (nSPS) is 14.8. The minimum atomic E-state index is 0.0398. The molecule has 0 atom stereocenters. The van der Waals surface area contributed by atoms with Crippen molar-refractivity contribution in [2.24, 2.45) is 5.92 Å². The van der Waals surface area contributed by atoms with Crippen molar-refractivity contribution in [3.8, 4) is 11.5 Å². The SMILES string of the molecule is COc1ccc(OC)c(CC(=O)NCCCC2CCCC2)c1. The Morgan fingerprint density at radius 3 is 2.68 bits per heavy atom. The molecule has 122 valence electrons. The first-order chi connectivity index (χ1) is 10.7. The summed E-state index contributed by atoms with van der Waals surface area (Å²) in [6.45, 7) is 0.765. The summed E-state index contributed by atoms with van der Waals surface area (Å²) in [5, 5.41) is 3.01. The summed E-state index contributed by atoms with van der Waals surface area (Å²) in [6.07, 6.45) is 8.14. The van der Waals surface area contributed by atoms with Gasteiger partial charge in [-0.25, -0.2) is 0 Å². The molecule has 0 bridgehead atoms. The summed E-state index contributed by atoms with van der Waals surface area (Å²) < 4.78 is 10.5. The van der Waals surface area contributed by atoms with Crippen LogP contribution in [0, 0.1) is 5.92 Å². The molecule has 2 rings (SSSR count). The van der Waals surface area contributed by atoms with Crippen molar-refractivity contribution in [3.05, 3.63) is 23.8 Å². The van der Waals surface area contributed by atoms with Crippen LogP contribution in [0.4, 0.5) is 0 Å². The lowest BCUT2D eigenvalue weighted by Gasteiger charge is -2.12. The van der Waals surface area contributed by atoms with Crippen molar-refractivity contribution in [3.63, 3.8) is 0 Å². The Bertz CT molecular complexity index is 481. The predicted octanol–water partition coefficient (Wildman–Crippen LogP) is 3.33. The topological polar surface area (TPSA) is 47.6 Å². The molecule has 1 aliphatic carbocycles. The number of rotatable bonds is 8. The van der Waals surface area contributed by atoms with Crippen molar-refractivity contribution in [1.82, 2.24) is 5.32 Å². The molecular weight excluding hydrogens is 278 g/mol. The number of benzene rings is 1. The summed E-state index contributed by atoms with van der Waals surface area (Å²) in [7, 11) is 3.24. The first-order valence-corrected chi connectivity index (χ1v) is 8.20. The zero-order chi connectivity index (χ0) is 15.8. The first-order valence-electron chi connectivity index (χ1n) is 8.20. The van der Waals surface area contributed by atoms with Crippen LogP contribution in [0.3, 0.4) is 0 Å². The number of carbonyl (C=O) groups is 1. The molecule has 0 heterocycles. The highest BCUT2D eigenvalue weighted by molar-refractivity contribution is 5.79. The molecule has 1 saturated carbocycles. The van der Waals surface area contributed by atoms with Crippen LogP contribution in [0.1, 0.15) is 44.1 Å². The summed E-state index contributed by atoms with van der Waals surface area (Å²) >= 11 is 0. The molecule has 1 N–H and O–H groups in total. The standard InChI is InChI=1S/C18H27NO3/c1-21-16-9-10-17(22-2)15(12-16)13-18(20)19-11-5-8-14-6-3-4-7-14/h9-10,12,14H,3-8,11,13H2,1-2H3,(H,19,20). The van der Waals surface area contributed by atoms with Crippen molar-refractivity contribution >= 4 is 5.91 Å². The molecule has 0 aliphatic heterocycles. The summed E-state index contributed by atoms with van der Waals surface area (Å²) in [4.78, 5) is 12.1. The Morgan fingerprint density at radius 2 is 2.00 bits per heavy atom. The van der Waals surface area contributed by atoms with Crippen LogP contribution in [0.5, 0.6) is 11.5 Å². The highest BCUT2D eigenvalue weighted by Gasteiger charge is 2.14. The van der Waals surface area contributed by atoms with E-state index in [0.29, 0.717) is 6.42 Å². The van der Waals surface area contributed by atoms with Gasteiger partial charge in [-0.3, -0.25) is 4.79 Å². The van der Waals surface area contributed by atoms with E-state index in [1.54, 1.807) is 14.2 Å². The highest BCUT2D eigenvalue weighted by atomic mass is 16.5. The number of hydrogen-bond donors (Lipinski definition) is 1. The third-order valence-electron chi connectivity index (χ3n) is 4.42. The van der Waals surface area contributed by atoms with E-state index in [0.717, 1.165) is 35.9 Å². The molecule has 0 saturated heterocycles. The molecule has 4 nitrogen and oxygen atoms in total. The maximum absolute atomic E-state index is 12.1. The van der Waals surface area contributed by atoms with Crippen molar-refractivity contribution in [1.29, 1.82) is 0 Å². The highest BCUT2D eigenvalue weighted by Crippen LogP contribution is 2.28. The average molecular weight is 305 g/mol. The van der Waals surface area contributed by atoms with Crippen LogP contribution in [0.2, 0.25) is 0 Å².